The van der Waals surface area contributed by atoms with Crippen LogP contribution >= 0.6 is 11.6 Å². The van der Waals surface area contributed by atoms with Gasteiger partial charge in [0, 0.05) is 16.3 Å². The number of amides is 2. The second-order valence-electron chi connectivity index (χ2n) is 7.32. The van der Waals surface area contributed by atoms with Crippen LogP contribution in [0.2, 0.25) is 5.02 Å². The van der Waals surface area contributed by atoms with Crippen molar-refractivity contribution in [3.63, 3.8) is 0 Å². The third-order valence-electron chi connectivity index (χ3n) is 5.40. The van der Waals surface area contributed by atoms with Gasteiger partial charge in [-0.2, -0.15) is 0 Å². The summed E-state index contributed by atoms with van der Waals surface area (Å²) < 4.78 is 0. The topological polar surface area (TPSA) is 61.8 Å². The maximum absolute atomic E-state index is 13.2. The summed E-state index contributed by atoms with van der Waals surface area (Å²) in [5.74, 6) is -0.399. The van der Waals surface area contributed by atoms with Gasteiger partial charge in [0.15, 0.2) is 0 Å². The normalized spacial score (nSPS) is 18.2. The van der Waals surface area contributed by atoms with Gasteiger partial charge in [-0.3, -0.25) is 14.6 Å². The molecule has 0 radical (unpaired) electrons. The first-order valence-corrected chi connectivity index (χ1v) is 9.98. The molecule has 1 heterocycles. The molecular weight excluding hydrogens is 374 g/mol. The van der Waals surface area contributed by atoms with Crippen molar-refractivity contribution in [2.45, 2.75) is 37.8 Å². The highest BCUT2D eigenvalue weighted by molar-refractivity contribution is 6.47. The highest BCUT2D eigenvalue weighted by atomic mass is 35.5. The zero-order chi connectivity index (χ0) is 19.6. The third kappa shape index (κ3) is 3.67. The van der Waals surface area contributed by atoms with E-state index in [9.17, 15) is 9.59 Å². The molecule has 1 aliphatic carbocycles. The molecule has 1 spiro atoms. The molecule has 2 aromatic carbocycles. The van der Waals surface area contributed by atoms with Gasteiger partial charge in [0.2, 0.25) is 5.91 Å². The van der Waals surface area contributed by atoms with E-state index in [2.05, 4.69) is 5.32 Å². The zero-order valence-electron chi connectivity index (χ0n) is 15.5. The van der Waals surface area contributed by atoms with Gasteiger partial charge in [-0.15, -0.1) is 0 Å². The van der Waals surface area contributed by atoms with E-state index in [0.29, 0.717) is 16.4 Å². The Bertz CT molecular complexity index is 903. The standard InChI is InChI=1S/C22H22ClN3O2/c23-17-9-11-18(12-10-17)24-19(27)15-26-21(28)20(16-7-3-1-4-8-16)25-22(26)13-5-2-6-14-22/h1,3-4,7-12H,2,5-6,13-15H2,(H,24,27). The highest BCUT2D eigenvalue weighted by Crippen LogP contribution is 2.39. The molecule has 5 nitrogen and oxygen atoms in total. The van der Waals surface area contributed by atoms with Crippen LogP contribution in [0, 0.1) is 0 Å². The van der Waals surface area contributed by atoms with Crippen LogP contribution in [0.3, 0.4) is 0 Å². The molecule has 0 unspecified atom stereocenters. The van der Waals surface area contributed by atoms with Crippen LogP contribution in [0.5, 0.6) is 0 Å². The number of hydrogen-bond acceptors (Lipinski definition) is 3. The number of anilines is 1. The van der Waals surface area contributed by atoms with E-state index in [0.717, 1.165) is 37.7 Å². The molecule has 1 saturated carbocycles. The van der Waals surface area contributed by atoms with E-state index in [4.69, 9.17) is 16.6 Å². The fourth-order valence-corrected chi connectivity index (χ4v) is 4.14. The smallest absolute Gasteiger partial charge is 0.275 e. The maximum Gasteiger partial charge on any atom is 0.275 e. The van der Waals surface area contributed by atoms with Crippen molar-refractivity contribution in [3.8, 4) is 0 Å². The number of nitrogens with zero attached hydrogens (tertiary/aromatic N) is 2. The predicted octanol–water partition coefficient (Wildman–Crippen LogP) is 4.27. The Hall–Kier alpha value is -2.66. The Kier molecular flexibility index (Phi) is 5.18. The van der Waals surface area contributed by atoms with E-state index in [1.54, 1.807) is 29.2 Å². The van der Waals surface area contributed by atoms with Crippen LogP contribution in [0.1, 0.15) is 37.7 Å². The first-order valence-electron chi connectivity index (χ1n) is 9.60. The lowest BCUT2D eigenvalue weighted by Gasteiger charge is -2.38. The van der Waals surface area contributed by atoms with Crippen LogP contribution < -0.4 is 5.32 Å². The molecule has 1 fully saturated rings. The number of carbonyl (C=O) groups is 2. The van der Waals surface area contributed by atoms with Crippen LogP contribution in [-0.2, 0) is 9.59 Å². The molecule has 1 N–H and O–H groups in total. The minimum atomic E-state index is -0.599. The van der Waals surface area contributed by atoms with Crippen LogP contribution in [0.25, 0.3) is 0 Å². The summed E-state index contributed by atoms with van der Waals surface area (Å²) in [6, 6.07) is 16.4. The summed E-state index contributed by atoms with van der Waals surface area (Å²) in [5.41, 5.74) is 1.32. The van der Waals surface area contributed by atoms with Crippen LogP contribution in [0.15, 0.2) is 59.6 Å². The van der Waals surface area contributed by atoms with Crippen LogP contribution in [0.4, 0.5) is 5.69 Å². The van der Waals surface area contributed by atoms with E-state index in [-0.39, 0.29) is 18.4 Å². The van der Waals surface area contributed by atoms with Crippen molar-refractivity contribution in [2.24, 2.45) is 4.99 Å². The van der Waals surface area contributed by atoms with Gasteiger partial charge in [0.25, 0.3) is 5.91 Å². The Morgan fingerprint density at radius 3 is 2.39 bits per heavy atom. The second kappa shape index (κ2) is 7.76. The van der Waals surface area contributed by atoms with Crippen molar-refractivity contribution < 1.29 is 9.59 Å². The maximum atomic E-state index is 13.2. The van der Waals surface area contributed by atoms with Gasteiger partial charge in [-0.25, -0.2) is 0 Å². The van der Waals surface area contributed by atoms with Gasteiger partial charge in [-0.05, 0) is 49.9 Å². The molecule has 0 aromatic heterocycles. The quantitative estimate of drug-likeness (QED) is 0.840. The summed E-state index contributed by atoms with van der Waals surface area (Å²) in [6.07, 6.45) is 4.74. The fraction of sp³-hybridized carbons (Fsp3) is 0.318. The first-order chi connectivity index (χ1) is 13.6. The average Bonchev–Trinajstić information content (AvgIpc) is 2.97. The molecule has 1 aliphatic heterocycles. The molecule has 0 atom stereocenters. The molecule has 0 saturated heterocycles. The Labute approximate surface area is 169 Å². The number of halogens is 1. The summed E-state index contributed by atoms with van der Waals surface area (Å²) in [4.78, 5) is 32.4. The monoisotopic (exact) mass is 395 g/mol. The number of nitrogens with one attached hydrogen (secondary N) is 1. The summed E-state index contributed by atoms with van der Waals surface area (Å²) in [7, 11) is 0. The molecule has 144 valence electrons. The van der Waals surface area contributed by atoms with Crippen molar-refractivity contribution in [3.05, 3.63) is 65.2 Å². The minimum Gasteiger partial charge on any atom is -0.325 e. The lowest BCUT2D eigenvalue weighted by atomic mass is 9.88. The van der Waals surface area contributed by atoms with Crippen LogP contribution in [-0.4, -0.2) is 34.6 Å². The van der Waals surface area contributed by atoms with Gasteiger partial charge >= 0.3 is 0 Å². The lowest BCUT2D eigenvalue weighted by Crippen LogP contribution is -2.51. The zero-order valence-corrected chi connectivity index (χ0v) is 16.3. The molecule has 2 amide bonds. The Balaban J connectivity index is 1.57. The Morgan fingerprint density at radius 2 is 1.71 bits per heavy atom. The molecule has 2 aliphatic rings. The molecule has 6 heteroatoms. The lowest BCUT2D eigenvalue weighted by molar-refractivity contribution is -0.134. The van der Waals surface area contributed by atoms with Gasteiger partial charge in [0.1, 0.15) is 17.9 Å². The number of hydrogen-bond donors (Lipinski definition) is 1. The highest BCUT2D eigenvalue weighted by Gasteiger charge is 2.48. The van der Waals surface area contributed by atoms with Crippen molar-refractivity contribution in [1.29, 1.82) is 0 Å². The fourth-order valence-electron chi connectivity index (χ4n) is 4.01. The third-order valence-corrected chi connectivity index (χ3v) is 5.65. The molecule has 28 heavy (non-hydrogen) atoms. The van der Waals surface area contributed by atoms with Gasteiger partial charge in [-0.1, -0.05) is 48.4 Å². The average molecular weight is 396 g/mol. The van der Waals surface area contributed by atoms with E-state index in [1.807, 2.05) is 30.3 Å². The van der Waals surface area contributed by atoms with Crippen molar-refractivity contribution in [1.82, 2.24) is 4.90 Å². The molecular formula is C22H22ClN3O2. The van der Waals surface area contributed by atoms with Crippen molar-refractivity contribution >= 4 is 34.8 Å². The molecule has 4 rings (SSSR count). The SMILES string of the molecule is O=C(CN1C(=O)C(c2ccccc2)=NC12CCCCC2)Nc1ccc(Cl)cc1. The number of rotatable bonds is 4. The molecule has 2 aromatic rings. The first kappa shape index (κ1) is 18.7. The summed E-state index contributed by atoms with van der Waals surface area (Å²) in [6.45, 7) is -0.0126. The van der Waals surface area contributed by atoms with E-state index >= 15 is 0 Å². The number of benzene rings is 2. The predicted molar refractivity (Wildman–Crippen MR) is 111 cm³/mol. The van der Waals surface area contributed by atoms with Gasteiger partial charge in [0.05, 0.1) is 0 Å². The van der Waals surface area contributed by atoms with E-state index < -0.39 is 5.66 Å². The Morgan fingerprint density at radius 1 is 1.04 bits per heavy atom. The summed E-state index contributed by atoms with van der Waals surface area (Å²) >= 11 is 5.90. The van der Waals surface area contributed by atoms with E-state index in [1.165, 1.54) is 0 Å². The number of carbonyl (C=O) groups excluding carboxylic acids is 2. The largest absolute Gasteiger partial charge is 0.325 e. The second-order valence-corrected chi connectivity index (χ2v) is 7.75. The minimum absolute atomic E-state index is 0.0126. The number of aliphatic imine (C=N–C) groups is 1. The van der Waals surface area contributed by atoms with Crippen molar-refractivity contribution in [2.75, 3.05) is 11.9 Å². The summed E-state index contributed by atoms with van der Waals surface area (Å²) in [5, 5.41) is 3.46. The van der Waals surface area contributed by atoms with Gasteiger partial charge < -0.3 is 10.2 Å². The molecule has 0 bridgehead atoms.